The van der Waals surface area contributed by atoms with Crippen LogP contribution in [0.3, 0.4) is 0 Å². The topological polar surface area (TPSA) is 32.7 Å². The maximum absolute atomic E-state index is 12.7. The lowest BCUT2D eigenvalue weighted by Gasteiger charge is -2.39. The molecule has 2 rings (SSSR count). The standard InChI is InChI=1S/C15H20F3NO2/c1-14(2)10-19(6-7-21-14)9-13(20)11-4-3-5-12(8-11)15(16,17)18/h3-5,8,13,20H,6-7,9-10H2,1-2H3. The molecule has 6 heteroatoms. The molecule has 3 nitrogen and oxygen atoms in total. The van der Waals surface area contributed by atoms with E-state index < -0.39 is 17.8 Å². The van der Waals surface area contributed by atoms with E-state index in [4.69, 9.17) is 4.74 Å². The Morgan fingerprint density at radius 3 is 2.71 bits per heavy atom. The summed E-state index contributed by atoms with van der Waals surface area (Å²) in [5.41, 5.74) is -0.748. The molecule has 118 valence electrons. The van der Waals surface area contributed by atoms with Gasteiger partial charge in [-0.2, -0.15) is 13.2 Å². The minimum absolute atomic E-state index is 0.286. The normalized spacial score (nSPS) is 21.2. The maximum atomic E-state index is 12.7. The first kappa shape index (κ1) is 16.3. The third-order valence-corrected chi connectivity index (χ3v) is 3.53. The van der Waals surface area contributed by atoms with E-state index in [1.165, 1.54) is 12.1 Å². The van der Waals surface area contributed by atoms with Gasteiger partial charge in [0.05, 0.1) is 23.9 Å². The van der Waals surface area contributed by atoms with Crippen LogP contribution in [0.15, 0.2) is 24.3 Å². The molecular formula is C15H20F3NO2. The molecule has 0 aliphatic carbocycles. The Balaban J connectivity index is 2.05. The van der Waals surface area contributed by atoms with E-state index in [1.807, 2.05) is 18.7 Å². The lowest BCUT2D eigenvalue weighted by Crippen LogP contribution is -2.49. The Morgan fingerprint density at radius 2 is 2.10 bits per heavy atom. The average molecular weight is 303 g/mol. The van der Waals surface area contributed by atoms with Gasteiger partial charge < -0.3 is 9.84 Å². The molecular weight excluding hydrogens is 283 g/mol. The lowest BCUT2D eigenvalue weighted by molar-refractivity contribution is -0.137. The quantitative estimate of drug-likeness (QED) is 0.932. The van der Waals surface area contributed by atoms with Crippen molar-refractivity contribution in [2.45, 2.75) is 31.7 Å². The Kier molecular flexibility index (Phi) is 4.60. The van der Waals surface area contributed by atoms with Gasteiger partial charge in [-0.15, -0.1) is 0 Å². The Hall–Kier alpha value is -1.11. The van der Waals surface area contributed by atoms with Crippen LogP contribution in [-0.4, -0.2) is 41.8 Å². The molecule has 0 radical (unpaired) electrons. The highest BCUT2D eigenvalue weighted by molar-refractivity contribution is 5.27. The summed E-state index contributed by atoms with van der Waals surface area (Å²) in [6, 6.07) is 4.86. The Bertz CT molecular complexity index is 488. The molecule has 1 saturated heterocycles. The van der Waals surface area contributed by atoms with Crippen molar-refractivity contribution < 1.29 is 23.0 Å². The van der Waals surface area contributed by atoms with Gasteiger partial charge in [-0.3, -0.25) is 4.90 Å². The summed E-state index contributed by atoms with van der Waals surface area (Å²) in [4.78, 5) is 2.01. The van der Waals surface area contributed by atoms with Gasteiger partial charge in [-0.25, -0.2) is 0 Å². The van der Waals surface area contributed by atoms with Crippen molar-refractivity contribution in [3.05, 3.63) is 35.4 Å². The summed E-state index contributed by atoms with van der Waals surface area (Å²) in [6.07, 6.45) is -5.34. The van der Waals surface area contributed by atoms with Crippen LogP contribution in [0.25, 0.3) is 0 Å². The van der Waals surface area contributed by atoms with Gasteiger partial charge in [-0.1, -0.05) is 12.1 Å². The first-order chi connectivity index (χ1) is 9.67. The molecule has 1 aliphatic rings. The summed E-state index contributed by atoms with van der Waals surface area (Å²) in [7, 11) is 0. The SMILES string of the molecule is CC1(C)CN(CC(O)c2cccc(C(F)(F)F)c2)CCO1. The van der Waals surface area contributed by atoms with Crippen LogP contribution >= 0.6 is 0 Å². The van der Waals surface area contributed by atoms with Crippen molar-refractivity contribution in [3.63, 3.8) is 0 Å². The van der Waals surface area contributed by atoms with E-state index in [0.717, 1.165) is 12.1 Å². The molecule has 1 fully saturated rings. The van der Waals surface area contributed by atoms with Crippen LogP contribution in [0.5, 0.6) is 0 Å². The van der Waals surface area contributed by atoms with Gasteiger partial charge in [0.25, 0.3) is 0 Å². The number of hydrogen-bond donors (Lipinski definition) is 1. The molecule has 0 bridgehead atoms. The number of rotatable bonds is 3. The highest BCUT2D eigenvalue weighted by Gasteiger charge is 2.32. The molecule has 1 aromatic rings. The second kappa shape index (κ2) is 5.94. The highest BCUT2D eigenvalue weighted by Crippen LogP contribution is 2.31. The van der Waals surface area contributed by atoms with E-state index in [9.17, 15) is 18.3 Å². The number of aliphatic hydroxyl groups excluding tert-OH is 1. The third kappa shape index (κ3) is 4.43. The van der Waals surface area contributed by atoms with Crippen LogP contribution in [-0.2, 0) is 10.9 Å². The minimum atomic E-state index is -4.39. The number of nitrogens with zero attached hydrogens (tertiary/aromatic N) is 1. The van der Waals surface area contributed by atoms with E-state index >= 15 is 0 Å². The fourth-order valence-corrected chi connectivity index (χ4v) is 2.54. The summed E-state index contributed by atoms with van der Waals surface area (Å²) in [5.74, 6) is 0. The summed E-state index contributed by atoms with van der Waals surface area (Å²) in [5, 5.41) is 10.2. The zero-order valence-electron chi connectivity index (χ0n) is 12.2. The van der Waals surface area contributed by atoms with Crippen LogP contribution < -0.4 is 0 Å². The largest absolute Gasteiger partial charge is 0.416 e. The maximum Gasteiger partial charge on any atom is 0.416 e. The van der Waals surface area contributed by atoms with Gasteiger partial charge in [0.2, 0.25) is 0 Å². The van der Waals surface area contributed by atoms with E-state index in [0.29, 0.717) is 26.2 Å². The van der Waals surface area contributed by atoms with Crippen LogP contribution in [0.2, 0.25) is 0 Å². The predicted octanol–water partition coefficient (Wildman–Crippen LogP) is 2.85. The Labute approximate surface area is 122 Å². The first-order valence-electron chi connectivity index (χ1n) is 6.89. The van der Waals surface area contributed by atoms with Crippen LogP contribution in [0, 0.1) is 0 Å². The number of ether oxygens (including phenoxy) is 1. The predicted molar refractivity (Wildman–Crippen MR) is 72.9 cm³/mol. The van der Waals surface area contributed by atoms with Gasteiger partial charge in [0, 0.05) is 19.6 Å². The van der Waals surface area contributed by atoms with E-state index in [2.05, 4.69) is 0 Å². The Morgan fingerprint density at radius 1 is 1.38 bits per heavy atom. The number of halogens is 3. The van der Waals surface area contributed by atoms with Crippen molar-refractivity contribution in [1.29, 1.82) is 0 Å². The monoisotopic (exact) mass is 303 g/mol. The van der Waals surface area contributed by atoms with Crippen molar-refractivity contribution in [1.82, 2.24) is 4.90 Å². The van der Waals surface area contributed by atoms with Crippen molar-refractivity contribution in [3.8, 4) is 0 Å². The fraction of sp³-hybridized carbons (Fsp3) is 0.600. The number of β-amino-alcohol motifs (C(OH)–C–C–N with tert-alkyl or cyclic N) is 1. The molecule has 1 aliphatic heterocycles. The fourth-order valence-electron chi connectivity index (χ4n) is 2.54. The van der Waals surface area contributed by atoms with E-state index in [-0.39, 0.29) is 11.2 Å². The van der Waals surface area contributed by atoms with Crippen molar-refractivity contribution >= 4 is 0 Å². The lowest BCUT2D eigenvalue weighted by atomic mass is 10.0. The molecule has 0 aromatic heterocycles. The molecule has 1 unspecified atom stereocenters. The molecule has 1 atom stereocenters. The van der Waals surface area contributed by atoms with Crippen LogP contribution in [0.4, 0.5) is 13.2 Å². The van der Waals surface area contributed by atoms with Crippen LogP contribution in [0.1, 0.15) is 31.1 Å². The third-order valence-electron chi connectivity index (χ3n) is 3.53. The number of benzene rings is 1. The van der Waals surface area contributed by atoms with Gasteiger partial charge in [0.15, 0.2) is 0 Å². The second-order valence-corrected chi connectivity index (χ2v) is 5.98. The number of hydrogen-bond acceptors (Lipinski definition) is 3. The zero-order chi connectivity index (χ0) is 15.7. The highest BCUT2D eigenvalue weighted by atomic mass is 19.4. The molecule has 1 N–H and O–H groups in total. The molecule has 0 spiro atoms. The average Bonchev–Trinajstić information content (AvgIpc) is 2.36. The van der Waals surface area contributed by atoms with Crippen molar-refractivity contribution in [2.24, 2.45) is 0 Å². The zero-order valence-corrected chi connectivity index (χ0v) is 12.2. The number of alkyl halides is 3. The molecule has 0 amide bonds. The smallest absolute Gasteiger partial charge is 0.387 e. The van der Waals surface area contributed by atoms with Gasteiger partial charge >= 0.3 is 6.18 Å². The first-order valence-corrected chi connectivity index (χ1v) is 6.89. The molecule has 1 heterocycles. The molecule has 0 saturated carbocycles. The van der Waals surface area contributed by atoms with Crippen molar-refractivity contribution in [2.75, 3.05) is 26.2 Å². The minimum Gasteiger partial charge on any atom is -0.387 e. The second-order valence-electron chi connectivity index (χ2n) is 5.98. The summed E-state index contributed by atoms with van der Waals surface area (Å²) < 4.78 is 43.6. The van der Waals surface area contributed by atoms with E-state index in [1.54, 1.807) is 0 Å². The molecule has 1 aromatic carbocycles. The number of morpholine rings is 1. The summed E-state index contributed by atoms with van der Waals surface area (Å²) >= 11 is 0. The number of aliphatic hydroxyl groups is 1. The van der Waals surface area contributed by atoms with Gasteiger partial charge in [-0.05, 0) is 31.5 Å². The summed E-state index contributed by atoms with van der Waals surface area (Å²) in [6.45, 7) is 6.07. The van der Waals surface area contributed by atoms with Gasteiger partial charge in [0.1, 0.15) is 0 Å². The molecule has 21 heavy (non-hydrogen) atoms.